The van der Waals surface area contributed by atoms with E-state index < -0.39 is 12.1 Å². The number of urea groups is 1. The van der Waals surface area contributed by atoms with E-state index in [1.54, 1.807) is 18.2 Å². The smallest absolute Gasteiger partial charge is 0.319 e. The maximum absolute atomic E-state index is 12.8. The minimum absolute atomic E-state index is 0.0274. The van der Waals surface area contributed by atoms with E-state index in [1.165, 1.54) is 31.4 Å². The Hall–Kier alpha value is -2.31. The van der Waals surface area contributed by atoms with Crippen LogP contribution < -0.4 is 15.4 Å². The number of hydrogen-bond donors (Lipinski definition) is 3. The first-order chi connectivity index (χ1) is 11.0. The Labute approximate surface area is 138 Å². The number of nitrogens with one attached hydrogen (secondary N) is 2. The lowest BCUT2D eigenvalue weighted by molar-refractivity contribution is 0.175. The molecule has 122 valence electrons. The molecule has 0 heterocycles. The number of aliphatic hydroxyl groups is 1. The number of anilines is 1. The van der Waals surface area contributed by atoms with E-state index in [9.17, 15) is 14.3 Å². The van der Waals surface area contributed by atoms with Gasteiger partial charge in [0, 0.05) is 11.6 Å². The van der Waals surface area contributed by atoms with Gasteiger partial charge in [0.2, 0.25) is 0 Å². The van der Waals surface area contributed by atoms with Gasteiger partial charge >= 0.3 is 6.03 Å². The zero-order valence-corrected chi connectivity index (χ0v) is 13.1. The van der Waals surface area contributed by atoms with Crippen molar-refractivity contribution in [3.63, 3.8) is 0 Å². The summed E-state index contributed by atoms with van der Waals surface area (Å²) in [4.78, 5) is 11.9. The van der Waals surface area contributed by atoms with E-state index >= 15 is 0 Å². The van der Waals surface area contributed by atoms with Crippen molar-refractivity contribution in [3.8, 4) is 5.75 Å². The first-order valence-corrected chi connectivity index (χ1v) is 7.19. The maximum Gasteiger partial charge on any atom is 0.319 e. The lowest BCUT2D eigenvalue weighted by Gasteiger charge is -2.14. The number of benzene rings is 2. The second kappa shape index (κ2) is 7.80. The highest BCUT2D eigenvalue weighted by molar-refractivity contribution is 6.31. The van der Waals surface area contributed by atoms with Crippen molar-refractivity contribution in [2.45, 2.75) is 6.10 Å². The third-order valence-corrected chi connectivity index (χ3v) is 3.36. The average Bonchev–Trinajstić information content (AvgIpc) is 2.53. The van der Waals surface area contributed by atoms with Crippen LogP contribution >= 0.6 is 11.6 Å². The number of carbonyl (C=O) groups is 1. The molecular formula is C16H16ClFN2O3. The molecule has 5 nitrogen and oxygen atoms in total. The normalized spacial score (nSPS) is 11.7. The van der Waals surface area contributed by atoms with Gasteiger partial charge in [-0.25, -0.2) is 9.18 Å². The van der Waals surface area contributed by atoms with Crippen LogP contribution in [0.2, 0.25) is 5.02 Å². The van der Waals surface area contributed by atoms with Gasteiger partial charge in [0.15, 0.2) is 0 Å². The summed E-state index contributed by atoms with van der Waals surface area (Å²) >= 11 is 5.88. The van der Waals surface area contributed by atoms with Crippen LogP contribution in [0.1, 0.15) is 11.7 Å². The number of aliphatic hydroxyl groups excluding tert-OH is 1. The molecule has 0 saturated heterocycles. The zero-order chi connectivity index (χ0) is 16.8. The quantitative estimate of drug-likeness (QED) is 0.783. The Morgan fingerprint density at radius 2 is 2.00 bits per heavy atom. The van der Waals surface area contributed by atoms with E-state index in [-0.39, 0.29) is 12.4 Å². The molecule has 2 rings (SSSR count). The second-order valence-electron chi connectivity index (χ2n) is 4.75. The van der Waals surface area contributed by atoms with Crippen LogP contribution in [0, 0.1) is 5.82 Å². The molecule has 1 unspecified atom stereocenters. The highest BCUT2D eigenvalue weighted by Gasteiger charge is 2.11. The molecule has 0 aliphatic rings. The maximum atomic E-state index is 12.8. The van der Waals surface area contributed by atoms with Crippen LogP contribution in [-0.4, -0.2) is 24.8 Å². The number of rotatable bonds is 5. The van der Waals surface area contributed by atoms with E-state index in [0.29, 0.717) is 22.0 Å². The number of amides is 2. The highest BCUT2D eigenvalue weighted by atomic mass is 35.5. The van der Waals surface area contributed by atoms with Gasteiger partial charge in [-0.3, -0.25) is 0 Å². The molecule has 7 heteroatoms. The fraction of sp³-hybridized carbons (Fsp3) is 0.188. The average molecular weight is 339 g/mol. The molecule has 0 aliphatic heterocycles. The van der Waals surface area contributed by atoms with E-state index in [2.05, 4.69) is 10.6 Å². The number of halogens is 2. The van der Waals surface area contributed by atoms with Crippen molar-refractivity contribution in [3.05, 3.63) is 58.9 Å². The third-order valence-electron chi connectivity index (χ3n) is 3.12. The summed E-state index contributed by atoms with van der Waals surface area (Å²) in [6.07, 6.45) is -0.942. The molecule has 0 aromatic heterocycles. The lowest BCUT2D eigenvalue weighted by atomic mass is 10.1. The molecule has 0 fully saturated rings. The molecule has 0 radical (unpaired) electrons. The summed E-state index contributed by atoms with van der Waals surface area (Å²) in [5.41, 5.74) is 0.917. The number of carbonyl (C=O) groups excluding carboxylic acids is 1. The van der Waals surface area contributed by atoms with Crippen molar-refractivity contribution in [1.82, 2.24) is 5.32 Å². The molecule has 0 aliphatic carbocycles. The molecular weight excluding hydrogens is 323 g/mol. The molecule has 2 amide bonds. The first kappa shape index (κ1) is 17.1. The Bertz CT molecular complexity index is 680. The van der Waals surface area contributed by atoms with Crippen LogP contribution in [0.4, 0.5) is 14.9 Å². The van der Waals surface area contributed by atoms with Crippen LogP contribution in [0.15, 0.2) is 42.5 Å². The van der Waals surface area contributed by atoms with Gasteiger partial charge in [-0.1, -0.05) is 23.7 Å². The van der Waals surface area contributed by atoms with Crippen LogP contribution in [-0.2, 0) is 0 Å². The summed E-state index contributed by atoms with van der Waals surface area (Å²) in [7, 11) is 1.48. The van der Waals surface area contributed by atoms with E-state index in [4.69, 9.17) is 16.3 Å². The first-order valence-electron chi connectivity index (χ1n) is 6.81. The summed E-state index contributed by atoms with van der Waals surface area (Å²) < 4.78 is 17.9. The third kappa shape index (κ3) is 4.84. The summed E-state index contributed by atoms with van der Waals surface area (Å²) in [5, 5.41) is 15.5. The van der Waals surface area contributed by atoms with Crippen molar-refractivity contribution in [2.75, 3.05) is 19.0 Å². The minimum Gasteiger partial charge on any atom is -0.495 e. The molecule has 0 spiro atoms. The van der Waals surface area contributed by atoms with E-state index in [1.807, 2.05) is 0 Å². The van der Waals surface area contributed by atoms with Crippen LogP contribution in [0.5, 0.6) is 5.75 Å². The van der Waals surface area contributed by atoms with Crippen molar-refractivity contribution in [2.24, 2.45) is 0 Å². The molecule has 1 atom stereocenters. The fourth-order valence-corrected chi connectivity index (χ4v) is 2.11. The second-order valence-corrected chi connectivity index (χ2v) is 5.18. The number of ether oxygens (including phenoxy) is 1. The Balaban J connectivity index is 1.92. The highest BCUT2D eigenvalue weighted by Crippen LogP contribution is 2.27. The molecule has 2 aromatic carbocycles. The fourth-order valence-electron chi connectivity index (χ4n) is 1.94. The topological polar surface area (TPSA) is 70.6 Å². The summed E-state index contributed by atoms with van der Waals surface area (Å²) in [6, 6.07) is 9.71. The van der Waals surface area contributed by atoms with Crippen LogP contribution in [0.3, 0.4) is 0 Å². The monoisotopic (exact) mass is 338 g/mol. The Morgan fingerprint density at radius 1 is 1.30 bits per heavy atom. The standard InChI is InChI=1S/C16H16ClFN2O3/c1-23-15-7-4-11(17)8-13(15)20-16(22)19-9-14(21)10-2-5-12(18)6-3-10/h2-8,14,21H,9H2,1H3,(H2,19,20,22). The Kier molecular flexibility index (Phi) is 5.78. The molecule has 23 heavy (non-hydrogen) atoms. The summed E-state index contributed by atoms with van der Waals surface area (Å²) in [5.74, 6) is 0.0725. The SMILES string of the molecule is COc1ccc(Cl)cc1NC(=O)NCC(O)c1ccc(F)cc1. The van der Waals surface area contributed by atoms with Gasteiger partial charge in [0.1, 0.15) is 11.6 Å². The lowest BCUT2D eigenvalue weighted by Crippen LogP contribution is -2.32. The molecule has 0 saturated carbocycles. The van der Waals surface area contributed by atoms with Gasteiger partial charge in [0.25, 0.3) is 0 Å². The van der Waals surface area contributed by atoms with Gasteiger partial charge in [-0.15, -0.1) is 0 Å². The van der Waals surface area contributed by atoms with Gasteiger partial charge in [0.05, 0.1) is 18.9 Å². The van der Waals surface area contributed by atoms with Crippen molar-refractivity contribution in [1.29, 1.82) is 0 Å². The molecule has 3 N–H and O–H groups in total. The molecule has 0 bridgehead atoms. The zero-order valence-electron chi connectivity index (χ0n) is 12.3. The van der Waals surface area contributed by atoms with E-state index in [0.717, 1.165) is 0 Å². The Morgan fingerprint density at radius 3 is 2.65 bits per heavy atom. The van der Waals surface area contributed by atoms with Gasteiger partial charge in [-0.2, -0.15) is 0 Å². The van der Waals surface area contributed by atoms with Gasteiger partial charge in [-0.05, 0) is 35.9 Å². The predicted octanol–water partition coefficient (Wildman–Crippen LogP) is 3.34. The van der Waals surface area contributed by atoms with Gasteiger partial charge < -0.3 is 20.5 Å². The van der Waals surface area contributed by atoms with Crippen LogP contribution in [0.25, 0.3) is 0 Å². The number of methoxy groups -OCH3 is 1. The largest absolute Gasteiger partial charge is 0.495 e. The number of hydrogen-bond acceptors (Lipinski definition) is 3. The van der Waals surface area contributed by atoms with Crippen molar-refractivity contribution < 1.29 is 19.0 Å². The molecule has 2 aromatic rings. The summed E-state index contributed by atoms with van der Waals surface area (Å²) in [6.45, 7) is -0.0274. The van der Waals surface area contributed by atoms with Crippen molar-refractivity contribution >= 4 is 23.3 Å². The predicted molar refractivity (Wildman–Crippen MR) is 86.4 cm³/mol. The minimum atomic E-state index is -0.942.